The van der Waals surface area contributed by atoms with E-state index in [9.17, 15) is 27.9 Å². The van der Waals surface area contributed by atoms with Gasteiger partial charge in [-0.1, -0.05) is 18.2 Å². The normalized spacial score (nSPS) is 24.3. The summed E-state index contributed by atoms with van der Waals surface area (Å²) < 4.78 is 39.6. The van der Waals surface area contributed by atoms with Crippen LogP contribution in [0.3, 0.4) is 0 Å². The van der Waals surface area contributed by atoms with Crippen LogP contribution in [0.2, 0.25) is 0 Å². The lowest BCUT2D eigenvalue weighted by Crippen LogP contribution is -2.40. The molecule has 1 aliphatic heterocycles. The quantitative estimate of drug-likeness (QED) is 0.437. The van der Waals surface area contributed by atoms with Gasteiger partial charge in [-0.05, 0) is 12.1 Å². The third kappa shape index (κ3) is 4.98. The fourth-order valence-corrected chi connectivity index (χ4v) is 3.49. The van der Waals surface area contributed by atoms with Crippen LogP contribution in [0.15, 0.2) is 52.2 Å². The van der Waals surface area contributed by atoms with Gasteiger partial charge in [-0.25, -0.2) is 9.59 Å². The second-order valence-corrected chi connectivity index (χ2v) is 7.90. The summed E-state index contributed by atoms with van der Waals surface area (Å²) in [5.74, 6) is -0.688. The molecule has 1 aromatic heterocycles. The topological polar surface area (TPSA) is 154 Å². The first-order valence-electron chi connectivity index (χ1n) is 8.41. The first kappa shape index (κ1) is 20.9. The van der Waals surface area contributed by atoms with Crippen molar-refractivity contribution in [3.8, 4) is 0 Å². The van der Waals surface area contributed by atoms with Gasteiger partial charge in [0.2, 0.25) is 0 Å². The van der Waals surface area contributed by atoms with Crippen molar-refractivity contribution in [2.75, 3.05) is 12.9 Å². The number of aromatic amines is 1. The fourth-order valence-electron chi connectivity index (χ4n) is 2.85. The Bertz CT molecular complexity index is 1090. The molecule has 29 heavy (non-hydrogen) atoms. The van der Waals surface area contributed by atoms with Crippen LogP contribution in [-0.4, -0.2) is 60.2 Å². The Hall–Kier alpha value is -2.80. The van der Waals surface area contributed by atoms with E-state index in [1.54, 1.807) is 18.2 Å². The van der Waals surface area contributed by atoms with E-state index in [0.717, 1.165) is 23.1 Å². The molecule has 1 saturated heterocycles. The zero-order valence-electron chi connectivity index (χ0n) is 15.1. The van der Waals surface area contributed by atoms with E-state index in [1.807, 2.05) is 4.98 Å². The highest BCUT2D eigenvalue weighted by Gasteiger charge is 2.48. The van der Waals surface area contributed by atoms with Crippen LogP contribution in [0, 0.1) is 0 Å². The maximum atomic E-state index is 12.1. The number of hydrogen-bond donors (Lipinski definition) is 2. The molecule has 156 valence electrons. The molecule has 4 atom stereocenters. The predicted octanol–water partition coefficient (Wildman–Crippen LogP) is -1.00. The second kappa shape index (κ2) is 8.29. The average molecular weight is 426 g/mol. The van der Waals surface area contributed by atoms with Crippen molar-refractivity contribution in [3.05, 3.63) is 69.0 Å². The Morgan fingerprint density at radius 3 is 2.55 bits per heavy atom. The lowest BCUT2D eigenvalue weighted by Gasteiger charge is -2.19. The number of aliphatic hydroxyl groups excluding tert-OH is 1. The molecule has 2 N–H and O–H groups in total. The maximum absolute atomic E-state index is 12.1. The molecule has 0 saturated carbocycles. The maximum Gasteiger partial charge on any atom is 0.338 e. The smallest absolute Gasteiger partial charge is 0.338 e. The Morgan fingerprint density at radius 1 is 1.24 bits per heavy atom. The van der Waals surface area contributed by atoms with Gasteiger partial charge in [0, 0.05) is 12.3 Å². The van der Waals surface area contributed by atoms with Gasteiger partial charge in [-0.15, -0.1) is 0 Å². The first-order chi connectivity index (χ1) is 13.7. The molecular weight excluding hydrogens is 408 g/mol. The molecule has 0 radical (unpaired) electrons. The van der Waals surface area contributed by atoms with E-state index in [-0.39, 0.29) is 5.56 Å². The Morgan fingerprint density at radius 2 is 1.93 bits per heavy atom. The zero-order valence-corrected chi connectivity index (χ0v) is 15.9. The van der Waals surface area contributed by atoms with Crippen LogP contribution in [0.4, 0.5) is 0 Å². The largest absolute Gasteiger partial charge is 0.459 e. The van der Waals surface area contributed by atoms with E-state index in [2.05, 4.69) is 0 Å². The molecule has 11 nitrogen and oxygen atoms in total. The van der Waals surface area contributed by atoms with Gasteiger partial charge in [-0.3, -0.25) is 18.5 Å². The number of carbonyl (C=O) groups is 1. The third-order valence-electron chi connectivity index (χ3n) is 4.11. The molecule has 0 aliphatic carbocycles. The van der Waals surface area contributed by atoms with Gasteiger partial charge in [0.1, 0.15) is 24.9 Å². The zero-order chi connectivity index (χ0) is 21.2. The number of H-pyrrole nitrogens is 1. The van der Waals surface area contributed by atoms with Crippen molar-refractivity contribution in [3.63, 3.8) is 0 Å². The number of aromatic nitrogens is 2. The summed E-state index contributed by atoms with van der Waals surface area (Å²) in [4.78, 5) is 37.4. The van der Waals surface area contributed by atoms with Crippen LogP contribution in [0.1, 0.15) is 16.6 Å². The number of benzene rings is 1. The molecule has 0 amide bonds. The van der Waals surface area contributed by atoms with Crippen LogP contribution in [-0.2, 0) is 23.8 Å². The van der Waals surface area contributed by atoms with Crippen LogP contribution in [0.5, 0.6) is 0 Å². The number of hydrogen-bond acceptors (Lipinski definition) is 9. The monoisotopic (exact) mass is 426 g/mol. The minimum Gasteiger partial charge on any atom is -0.459 e. The van der Waals surface area contributed by atoms with E-state index in [4.69, 9.17) is 13.7 Å². The van der Waals surface area contributed by atoms with Gasteiger partial charge >= 0.3 is 11.7 Å². The number of carbonyl (C=O) groups excluding carboxylic acids is 1. The Labute approximate surface area is 164 Å². The van der Waals surface area contributed by atoms with Gasteiger partial charge in [0.05, 0.1) is 11.8 Å². The van der Waals surface area contributed by atoms with Crippen molar-refractivity contribution in [2.24, 2.45) is 0 Å². The average Bonchev–Trinajstić information content (AvgIpc) is 2.95. The number of ether oxygens (including phenoxy) is 2. The van der Waals surface area contributed by atoms with Gasteiger partial charge < -0.3 is 14.6 Å². The molecule has 3 rings (SSSR count). The van der Waals surface area contributed by atoms with Gasteiger partial charge in [-0.2, -0.15) is 8.42 Å². The molecule has 1 aromatic carbocycles. The number of aliphatic hydroxyl groups is 1. The van der Waals surface area contributed by atoms with Crippen molar-refractivity contribution < 1.29 is 32.0 Å². The summed E-state index contributed by atoms with van der Waals surface area (Å²) in [7, 11) is -4.01. The number of esters is 1. The summed E-state index contributed by atoms with van der Waals surface area (Å²) in [5.41, 5.74) is -1.27. The fraction of sp³-hybridized carbons (Fsp3) is 0.353. The minimum atomic E-state index is -4.01. The van der Waals surface area contributed by atoms with Gasteiger partial charge in [0.15, 0.2) is 6.23 Å². The Kier molecular flexibility index (Phi) is 5.98. The predicted molar refractivity (Wildman–Crippen MR) is 97.7 cm³/mol. The van der Waals surface area contributed by atoms with Gasteiger partial charge in [0.25, 0.3) is 15.7 Å². The molecule has 1 aliphatic rings. The molecule has 0 unspecified atom stereocenters. The summed E-state index contributed by atoms with van der Waals surface area (Å²) in [5, 5.41) is 10.5. The SMILES string of the molecule is CS(=O)(=O)O[C@@H]1[C@@H](O)[C@@H](n2ccc(=O)[nH]c2=O)O[C@@H]1COC(=O)c1ccccc1. The lowest BCUT2D eigenvalue weighted by molar-refractivity contribution is -0.0589. The van der Waals surface area contributed by atoms with E-state index in [0.29, 0.717) is 0 Å². The van der Waals surface area contributed by atoms with Crippen molar-refractivity contribution in [2.45, 2.75) is 24.5 Å². The van der Waals surface area contributed by atoms with E-state index >= 15 is 0 Å². The number of nitrogens with one attached hydrogen (secondary N) is 1. The standard InChI is InChI=1S/C17H18N2O9S/c1-29(24,25)28-14-11(9-26-16(22)10-5-3-2-4-6-10)27-15(13(14)21)19-8-7-12(20)18-17(19)23/h2-8,11,13-15,21H,9H2,1H3,(H,18,20,23)/t11-,13-,14+,15+/m1/s1. The molecular formula is C17H18N2O9S. The molecule has 0 bridgehead atoms. The second-order valence-electron chi connectivity index (χ2n) is 6.30. The summed E-state index contributed by atoms with van der Waals surface area (Å²) in [6.07, 6.45) is -3.74. The number of nitrogens with zero attached hydrogens (tertiary/aromatic N) is 1. The Balaban J connectivity index is 1.82. The highest BCUT2D eigenvalue weighted by atomic mass is 32.2. The highest BCUT2D eigenvalue weighted by molar-refractivity contribution is 7.86. The molecule has 12 heteroatoms. The van der Waals surface area contributed by atoms with Crippen LogP contribution >= 0.6 is 0 Å². The summed E-state index contributed by atoms with van der Waals surface area (Å²) in [6.45, 7) is -0.445. The summed E-state index contributed by atoms with van der Waals surface area (Å²) in [6, 6.07) is 9.09. The molecule has 0 spiro atoms. The molecule has 2 aromatic rings. The lowest BCUT2D eigenvalue weighted by atomic mass is 10.1. The van der Waals surface area contributed by atoms with E-state index in [1.165, 1.54) is 12.1 Å². The highest BCUT2D eigenvalue weighted by Crippen LogP contribution is 2.31. The molecule has 1 fully saturated rings. The van der Waals surface area contributed by atoms with E-state index < -0.39 is 58.5 Å². The van der Waals surface area contributed by atoms with Crippen molar-refractivity contribution >= 4 is 16.1 Å². The van der Waals surface area contributed by atoms with Crippen molar-refractivity contribution in [1.82, 2.24) is 9.55 Å². The molecule has 2 heterocycles. The van der Waals surface area contributed by atoms with Crippen molar-refractivity contribution in [1.29, 1.82) is 0 Å². The summed E-state index contributed by atoms with van der Waals surface area (Å²) >= 11 is 0. The number of rotatable bonds is 6. The minimum absolute atomic E-state index is 0.264. The van der Waals surface area contributed by atoms with Crippen LogP contribution < -0.4 is 11.2 Å². The third-order valence-corrected chi connectivity index (χ3v) is 4.68. The first-order valence-corrected chi connectivity index (χ1v) is 10.2. The van der Waals surface area contributed by atoms with Crippen LogP contribution in [0.25, 0.3) is 0 Å².